The van der Waals surface area contributed by atoms with Crippen molar-refractivity contribution in [1.29, 1.82) is 0 Å². The van der Waals surface area contributed by atoms with Gasteiger partial charge < -0.3 is 14.2 Å². The minimum atomic E-state index is -0.884. The fourth-order valence-corrected chi connectivity index (χ4v) is 13.8. The minimum Gasteiger partial charge on any atom is -0.310 e. The Morgan fingerprint density at radius 3 is 1.11 bits per heavy atom. The summed E-state index contributed by atoms with van der Waals surface area (Å²) in [6, 6.07) is 65.2. The zero-order valence-electron chi connectivity index (χ0n) is 42.6. The van der Waals surface area contributed by atoms with Crippen molar-refractivity contribution in [3.05, 3.63) is 198 Å². The highest BCUT2D eigenvalue weighted by Gasteiger charge is 2.47. The third-order valence-corrected chi connectivity index (χ3v) is 18.8. The molecule has 0 aliphatic heterocycles. The molecule has 0 fully saturated rings. The number of nitrogens with zero attached hydrogens (tertiary/aromatic N) is 3. The molecule has 8 aromatic carbocycles. The number of anilines is 6. The molecular formula is C64H59B2N3S2. The van der Waals surface area contributed by atoms with Gasteiger partial charge in [-0.15, -0.1) is 0 Å². The van der Waals surface area contributed by atoms with Crippen LogP contribution in [0.4, 0.5) is 34.1 Å². The Balaban J connectivity index is 1.08. The topological polar surface area (TPSA) is 10.9 Å². The highest BCUT2D eigenvalue weighted by molar-refractivity contribution is 8.32. The van der Waals surface area contributed by atoms with Gasteiger partial charge in [0, 0.05) is 66.9 Å². The van der Waals surface area contributed by atoms with Crippen LogP contribution in [-0.2, 0) is 10.8 Å². The van der Waals surface area contributed by atoms with Gasteiger partial charge in [0.05, 0.1) is 16.9 Å². The van der Waals surface area contributed by atoms with Gasteiger partial charge in [-0.2, -0.15) is 0 Å². The second-order valence-electron chi connectivity index (χ2n) is 22.3. The third-order valence-electron chi connectivity index (χ3n) is 15.4. The lowest BCUT2D eigenvalue weighted by Crippen LogP contribution is -2.17. The normalized spacial score (nSPS) is 14.8. The molecule has 2 aromatic heterocycles. The van der Waals surface area contributed by atoms with E-state index in [0.29, 0.717) is 0 Å². The first-order chi connectivity index (χ1) is 33.8. The van der Waals surface area contributed by atoms with Crippen LogP contribution >= 0.6 is 20.1 Å². The zero-order valence-corrected chi connectivity index (χ0v) is 44.2. The van der Waals surface area contributed by atoms with E-state index in [9.17, 15) is 0 Å². The Morgan fingerprint density at radius 2 is 0.746 bits per heavy atom. The van der Waals surface area contributed by atoms with Crippen molar-refractivity contribution in [3.8, 4) is 33.6 Å². The largest absolute Gasteiger partial charge is 0.310 e. The van der Waals surface area contributed by atoms with Crippen molar-refractivity contribution in [3.63, 3.8) is 0 Å². The summed E-state index contributed by atoms with van der Waals surface area (Å²) in [5.41, 5.74) is 21.9. The lowest BCUT2D eigenvalue weighted by atomic mass is 9.79. The first-order valence-electron chi connectivity index (χ1n) is 24.5. The van der Waals surface area contributed by atoms with Gasteiger partial charge in [-0.1, -0.05) is 105 Å². The number of rotatable bonds is 9. The summed E-state index contributed by atoms with van der Waals surface area (Å²) in [6.45, 7) is 9.74. The number of benzene rings is 8. The van der Waals surface area contributed by atoms with Crippen LogP contribution in [0.1, 0.15) is 49.9 Å². The highest BCUT2D eigenvalue weighted by atomic mass is 32.3. The molecule has 348 valence electrons. The average molecular weight is 956 g/mol. The Morgan fingerprint density at radius 1 is 0.394 bits per heavy atom. The van der Waals surface area contributed by atoms with Crippen LogP contribution in [0.15, 0.2) is 186 Å². The molecule has 7 heteroatoms. The summed E-state index contributed by atoms with van der Waals surface area (Å²) in [7, 11) is 10.8. The van der Waals surface area contributed by atoms with Gasteiger partial charge in [-0.05, 0) is 190 Å². The Hall–Kier alpha value is -6.53. The van der Waals surface area contributed by atoms with Crippen molar-refractivity contribution in [1.82, 2.24) is 4.40 Å². The van der Waals surface area contributed by atoms with E-state index in [0.717, 1.165) is 45.0 Å². The van der Waals surface area contributed by atoms with Crippen LogP contribution in [-0.4, -0.2) is 57.6 Å². The molecule has 0 atom stereocenters. The van der Waals surface area contributed by atoms with Crippen LogP contribution in [0.5, 0.6) is 0 Å². The van der Waals surface area contributed by atoms with Crippen LogP contribution in [0.3, 0.4) is 0 Å². The van der Waals surface area contributed by atoms with Gasteiger partial charge in [0.2, 0.25) is 0 Å². The molecule has 2 aliphatic rings. The predicted octanol–water partition coefficient (Wildman–Crippen LogP) is 15.4. The smallest absolute Gasteiger partial charge is 0.113 e. The van der Waals surface area contributed by atoms with Crippen molar-refractivity contribution >= 4 is 97.1 Å². The van der Waals surface area contributed by atoms with E-state index in [-0.39, 0.29) is 10.8 Å². The molecule has 0 unspecified atom stereocenters. The minimum absolute atomic E-state index is 0.314. The number of fused-ring (bicyclic) bond motifs is 10. The highest BCUT2D eigenvalue weighted by Crippen LogP contribution is 2.62. The van der Waals surface area contributed by atoms with E-state index in [1.807, 2.05) is 24.3 Å². The number of aromatic nitrogens is 1. The molecule has 71 heavy (non-hydrogen) atoms. The van der Waals surface area contributed by atoms with Crippen molar-refractivity contribution in [2.45, 2.75) is 48.3 Å². The molecular weight excluding hydrogens is 896 g/mol. The molecule has 0 saturated heterocycles. The molecule has 4 radical (unpaired) electrons. The second kappa shape index (κ2) is 16.0. The van der Waals surface area contributed by atoms with Gasteiger partial charge in [-0.3, -0.25) is 0 Å². The molecule has 0 bridgehead atoms. The summed E-state index contributed by atoms with van der Waals surface area (Å²) in [6.07, 6.45) is 14.1. The van der Waals surface area contributed by atoms with E-state index in [1.54, 1.807) is 0 Å². The quantitative estimate of drug-likeness (QED) is 0.134. The lowest BCUT2D eigenvalue weighted by molar-refractivity contribution is 0.664. The monoisotopic (exact) mass is 955 g/mol. The Kier molecular flexibility index (Phi) is 10.3. The zero-order chi connectivity index (χ0) is 49.5. The molecule has 2 heterocycles. The van der Waals surface area contributed by atoms with E-state index >= 15 is 0 Å². The second-order valence-corrected chi connectivity index (χ2v) is 30.6. The average Bonchev–Trinajstić information content (AvgIpc) is 4.02. The van der Waals surface area contributed by atoms with Crippen molar-refractivity contribution in [2.75, 3.05) is 47.3 Å². The molecule has 3 nitrogen and oxygen atoms in total. The van der Waals surface area contributed by atoms with E-state index in [4.69, 9.17) is 15.7 Å². The molecule has 12 rings (SSSR count). The van der Waals surface area contributed by atoms with Gasteiger partial charge in [0.15, 0.2) is 0 Å². The fourth-order valence-electron chi connectivity index (χ4n) is 11.9. The third kappa shape index (κ3) is 7.12. The molecule has 10 aromatic rings. The Bertz CT molecular complexity index is 3490. The first-order valence-corrected chi connectivity index (χ1v) is 30.2. The van der Waals surface area contributed by atoms with E-state index in [2.05, 4.69) is 231 Å². The van der Waals surface area contributed by atoms with Crippen molar-refractivity contribution in [2.24, 2.45) is 0 Å². The molecule has 0 amide bonds. The maximum absolute atomic E-state index is 6.29. The standard InChI is InChI=1S/C64H59B2N3S2/c1-63(2)56-38-48(67(44-20-16-42(65)17-21-44)46-24-30-50(31-25-46)70(5,6)7)28-34-52(56)61-58(63)54-36-41(40-14-12-11-13-15-40)37-55-59-62(69(61)60(54)55)53-35-29-49(39-57(53)64(59,3)4)68(45-22-18-43(66)19-23-45)47-26-32-51(33-27-47)71(8,9)10/h11-39H,1-10H3. The molecule has 0 saturated carbocycles. The van der Waals surface area contributed by atoms with Crippen molar-refractivity contribution < 1.29 is 0 Å². The van der Waals surface area contributed by atoms with Gasteiger partial charge in [0.25, 0.3) is 0 Å². The number of hydrogen-bond acceptors (Lipinski definition) is 2. The Labute approximate surface area is 426 Å². The van der Waals surface area contributed by atoms with E-state index < -0.39 is 20.1 Å². The molecule has 2 aliphatic carbocycles. The lowest BCUT2D eigenvalue weighted by Gasteiger charge is -2.30. The van der Waals surface area contributed by atoms with Gasteiger partial charge in [-0.25, -0.2) is 20.1 Å². The summed E-state index contributed by atoms with van der Waals surface area (Å²) >= 11 is 0. The molecule has 0 N–H and O–H groups in total. The summed E-state index contributed by atoms with van der Waals surface area (Å²) in [4.78, 5) is 7.55. The van der Waals surface area contributed by atoms with Crippen LogP contribution in [0, 0.1) is 0 Å². The fraction of sp³-hybridized carbons (Fsp3) is 0.188. The molecule has 0 spiro atoms. The van der Waals surface area contributed by atoms with Crippen LogP contribution in [0.2, 0.25) is 0 Å². The van der Waals surface area contributed by atoms with Gasteiger partial charge >= 0.3 is 0 Å². The van der Waals surface area contributed by atoms with E-state index in [1.165, 1.54) is 82.0 Å². The van der Waals surface area contributed by atoms with Gasteiger partial charge in [0.1, 0.15) is 15.7 Å². The summed E-state index contributed by atoms with van der Waals surface area (Å²) in [5, 5.41) is 2.65. The van der Waals surface area contributed by atoms with Crippen LogP contribution in [0.25, 0.3) is 49.9 Å². The maximum Gasteiger partial charge on any atom is 0.113 e. The summed E-state index contributed by atoms with van der Waals surface area (Å²) < 4.78 is 2.67. The first kappa shape index (κ1) is 45.6. The predicted molar refractivity (Wildman–Crippen MR) is 314 cm³/mol. The SMILES string of the molecule is [B]c1ccc(N(c2ccc(S(C)(C)C)cc2)c2ccc3c(c2)C(C)(C)c2c-3n3c4c(c5cc(-c6ccccc6)cc2c53)C(C)(C)c2cc(N(c3ccc([B])cc3)c3ccc(S(C)(C)C)cc3)ccc2-4)cc1. The summed E-state index contributed by atoms with van der Waals surface area (Å²) in [5.74, 6) is 0. The number of hydrogen-bond donors (Lipinski definition) is 0. The van der Waals surface area contributed by atoms with Crippen LogP contribution < -0.4 is 20.7 Å². The maximum atomic E-state index is 6.29.